The highest BCUT2D eigenvalue weighted by Crippen LogP contribution is 2.28. The minimum atomic E-state index is -4.36. The maximum absolute atomic E-state index is 12.6. The van der Waals surface area contributed by atoms with Gasteiger partial charge < -0.3 is 13.8 Å². The average molecular weight is 415 g/mol. The molecule has 8 nitrogen and oxygen atoms in total. The number of nitrogens with two attached hydrogens (primary N) is 1. The van der Waals surface area contributed by atoms with Crippen LogP contribution in [0.2, 0.25) is 0 Å². The van der Waals surface area contributed by atoms with Crippen LogP contribution in [-0.2, 0) is 24.8 Å². The fourth-order valence-corrected chi connectivity index (χ4v) is 4.83. The summed E-state index contributed by atoms with van der Waals surface area (Å²) in [4.78, 5) is 3.70. The van der Waals surface area contributed by atoms with Crippen LogP contribution in [0, 0.1) is 6.92 Å². The van der Waals surface area contributed by atoms with Gasteiger partial charge in [-0.2, -0.15) is 8.42 Å². The number of hydrogen-bond donors (Lipinski definition) is 1. The molecule has 2 aromatic carbocycles. The van der Waals surface area contributed by atoms with E-state index in [0.29, 0.717) is 30.9 Å². The predicted molar refractivity (Wildman–Crippen MR) is 98.8 cm³/mol. The maximum atomic E-state index is 12.6. The summed E-state index contributed by atoms with van der Waals surface area (Å²) in [5, 5.41) is 0. The van der Waals surface area contributed by atoms with E-state index in [9.17, 15) is 16.8 Å². The molecule has 2 N–H and O–H groups in total. The molecule has 0 unspecified atom stereocenters. The van der Waals surface area contributed by atoms with Gasteiger partial charge in [-0.15, -0.1) is 0 Å². The van der Waals surface area contributed by atoms with Crippen LogP contribution in [0.25, 0.3) is 0 Å². The Bertz CT molecular complexity index is 1000. The van der Waals surface area contributed by atoms with Crippen molar-refractivity contribution in [3.8, 4) is 11.5 Å². The molecule has 0 saturated heterocycles. The first kappa shape index (κ1) is 21.2. The summed E-state index contributed by atoms with van der Waals surface area (Å²) in [5.41, 5.74) is 0.712. The number of sulfone groups is 1. The van der Waals surface area contributed by atoms with Crippen LogP contribution in [0.1, 0.15) is 12.0 Å². The fraction of sp³-hybridized carbons (Fsp3) is 0.294. The van der Waals surface area contributed by atoms with Crippen LogP contribution in [0.15, 0.2) is 52.3 Å². The molecule has 148 valence electrons. The molecule has 2 aromatic rings. The van der Waals surface area contributed by atoms with Gasteiger partial charge in [-0.1, -0.05) is 12.1 Å². The van der Waals surface area contributed by atoms with E-state index < -0.39 is 24.9 Å². The molecular formula is C17H21NO7S2. The third kappa shape index (κ3) is 5.93. The highest BCUT2D eigenvalue weighted by molar-refractivity contribution is 7.92. The molecule has 0 bridgehead atoms. The molecule has 2 rings (SSSR count). The highest BCUT2D eigenvalue weighted by atomic mass is 32.2. The standard InChI is InChI=1S/C17H21NO7S2/c1-13-10-14(23-8-5-9-24-18)12-15(11-13)25-27(21,22)17-7-4-3-6-16(17)26(2,19)20/h3-4,6-7,10-12H,5,8-9,18H2,1-2H3. The summed E-state index contributed by atoms with van der Waals surface area (Å²) >= 11 is 0. The molecular weight excluding hydrogens is 394 g/mol. The zero-order valence-corrected chi connectivity index (χ0v) is 16.5. The normalized spacial score (nSPS) is 12.0. The van der Waals surface area contributed by atoms with Gasteiger partial charge in [-0.3, -0.25) is 0 Å². The molecule has 0 amide bonds. The van der Waals surface area contributed by atoms with Gasteiger partial charge in [0, 0.05) is 18.7 Å². The van der Waals surface area contributed by atoms with E-state index in [-0.39, 0.29) is 10.6 Å². The van der Waals surface area contributed by atoms with Crippen molar-refractivity contribution in [2.45, 2.75) is 23.1 Å². The molecule has 0 fully saturated rings. The SMILES string of the molecule is Cc1cc(OCCCON)cc(OS(=O)(=O)c2ccccc2S(C)(=O)=O)c1. The molecule has 0 saturated carbocycles. The third-order valence-electron chi connectivity index (χ3n) is 3.42. The van der Waals surface area contributed by atoms with Gasteiger partial charge in [0.25, 0.3) is 0 Å². The van der Waals surface area contributed by atoms with E-state index in [1.54, 1.807) is 13.0 Å². The van der Waals surface area contributed by atoms with E-state index in [0.717, 1.165) is 6.26 Å². The lowest BCUT2D eigenvalue weighted by Gasteiger charge is -2.12. The monoisotopic (exact) mass is 415 g/mol. The van der Waals surface area contributed by atoms with Gasteiger partial charge >= 0.3 is 10.1 Å². The van der Waals surface area contributed by atoms with Crippen LogP contribution in [0.4, 0.5) is 0 Å². The number of hydrogen-bond acceptors (Lipinski definition) is 8. The highest BCUT2D eigenvalue weighted by Gasteiger charge is 2.25. The Morgan fingerprint density at radius 3 is 2.19 bits per heavy atom. The molecule has 0 aliphatic carbocycles. The lowest BCUT2D eigenvalue weighted by molar-refractivity contribution is 0.122. The average Bonchev–Trinajstić information content (AvgIpc) is 2.57. The Kier molecular flexibility index (Phi) is 6.82. The van der Waals surface area contributed by atoms with Crippen LogP contribution >= 0.6 is 0 Å². The zero-order chi connectivity index (χ0) is 20.1. The summed E-state index contributed by atoms with van der Waals surface area (Å²) in [5.74, 6) is 5.37. The molecule has 0 aromatic heterocycles. The minimum Gasteiger partial charge on any atom is -0.493 e. The zero-order valence-electron chi connectivity index (χ0n) is 14.9. The largest absolute Gasteiger partial charge is 0.493 e. The van der Waals surface area contributed by atoms with Crippen molar-refractivity contribution in [2.24, 2.45) is 5.90 Å². The Morgan fingerprint density at radius 2 is 1.56 bits per heavy atom. The molecule has 10 heteroatoms. The number of ether oxygens (including phenoxy) is 1. The van der Waals surface area contributed by atoms with Gasteiger partial charge in [0.05, 0.1) is 18.1 Å². The first-order valence-corrected chi connectivity index (χ1v) is 11.2. The van der Waals surface area contributed by atoms with Gasteiger partial charge in [-0.05, 0) is 36.8 Å². The number of aryl methyl sites for hydroxylation is 1. The second-order valence-electron chi connectivity index (χ2n) is 5.81. The molecule has 0 heterocycles. The second-order valence-corrected chi connectivity index (χ2v) is 9.31. The van der Waals surface area contributed by atoms with E-state index in [1.165, 1.54) is 36.4 Å². The van der Waals surface area contributed by atoms with Gasteiger partial charge in [0.2, 0.25) is 0 Å². The van der Waals surface area contributed by atoms with Gasteiger partial charge in [0.15, 0.2) is 9.84 Å². The summed E-state index contributed by atoms with van der Waals surface area (Å²) in [6.45, 7) is 2.40. The van der Waals surface area contributed by atoms with Crippen molar-refractivity contribution in [1.82, 2.24) is 0 Å². The van der Waals surface area contributed by atoms with E-state index in [1.807, 2.05) is 0 Å². The quantitative estimate of drug-likeness (QED) is 0.374. The van der Waals surface area contributed by atoms with Crippen molar-refractivity contribution in [1.29, 1.82) is 0 Å². The van der Waals surface area contributed by atoms with E-state index >= 15 is 0 Å². The molecule has 27 heavy (non-hydrogen) atoms. The summed E-state index contributed by atoms with van der Waals surface area (Å²) in [6.07, 6.45) is 1.49. The Labute approximate surface area is 158 Å². The number of rotatable bonds is 9. The molecule has 0 atom stereocenters. The van der Waals surface area contributed by atoms with Crippen LogP contribution in [-0.4, -0.2) is 36.3 Å². The van der Waals surface area contributed by atoms with Crippen molar-refractivity contribution >= 4 is 20.0 Å². The van der Waals surface area contributed by atoms with Gasteiger partial charge in [0.1, 0.15) is 16.4 Å². The second kappa shape index (κ2) is 8.70. The van der Waals surface area contributed by atoms with Crippen molar-refractivity contribution in [2.75, 3.05) is 19.5 Å². The lowest BCUT2D eigenvalue weighted by atomic mass is 10.2. The molecule has 0 aliphatic rings. The first-order valence-electron chi connectivity index (χ1n) is 7.93. The van der Waals surface area contributed by atoms with Crippen molar-refractivity contribution in [3.63, 3.8) is 0 Å². The van der Waals surface area contributed by atoms with Crippen LogP contribution < -0.4 is 14.8 Å². The topological polar surface area (TPSA) is 122 Å². The molecule has 0 radical (unpaired) electrons. The molecule has 0 aliphatic heterocycles. The maximum Gasteiger partial charge on any atom is 0.340 e. The Hall–Kier alpha value is -2.14. The predicted octanol–water partition coefficient (Wildman–Crippen LogP) is 1.83. The number of benzene rings is 2. The Morgan fingerprint density at radius 1 is 0.926 bits per heavy atom. The summed E-state index contributed by atoms with van der Waals surface area (Å²) < 4.78 is 59.7. The van der Waals surface area contributed by atoms with Crippen LogP contribution in [0.5, 0.6) is 11.5 Å². The van der Waals surface area contributed by atoms with Crippen LogP contribution in [0.3, 0.4) is 0 Å². The van der Waals surface area contributed by atoms with Gasteiger partial charge in [-0.25, -0.2) is 14.3 Å². The third-order valence-corrected chi connectivity index (χ3v) is 6.01. The minimum absolute atomic E-state index is 0.0170. The lowest BCUT2D eigenvalue weighted by Crippen LogP contribution is -2.14. The van der Waals surface area contributed by atoms with Crippen molar-refractivity contribution in [3.05, 3.63) is 48.0 Å². The molecule has 0 spiro atoms. The van der Waals surface area contributed by atoms with E-state index in [2.05, 4.69) is 4.84 Å². The summed E-state index contributed by atoms with van der Waals surface area (Å²) in [7, 11) is -8.11. The van der Waals surface area contributed by atoms with Crippen molar-refractivity contribution < 1.29 is 30.6 Å². The first-order chi connectivity index (χ1) is 12.6. The summed E-state index contributed by atoms with van der Waals surface area (Å²) in [6, 6.07) is 9.91. The fourth-order valence-electron chi connectivity index (χ4n) is 2.31. The smallest absolute Gasteiger partial charge is 0.340 e. The Balaban J connectivity index is 2.30. The van der Waals surface area contributed by atoms with E-state index in [4.69, 9.17) is 14.8 Å².